The second-order valence-electron chi connectivity index (χ2n) is 6.54. The largest absolute Gasteiger partial charge is 0.348 e. The highest BCUT2D eigenvalue weighted by atomic mass is 16.1. The Morgan fingerprint density at radius 3 is 2.65 bits per heavy atom. The Hall–Kier alpha value is -2.20. The first kappa shape index (κ1) is 14.4. The van der Waals surface area contributed by atoms with Gasteiger partial charge in [0.1, 0.15) is 0 Å². The molecule has 118 valence electrons. The number of hydrogen-bond acceptors (Lipinski definition) is 3. The number of amides is 1. The molecule has 1 N–H and O–H groups in total. The van der Waals surface area contributed by atoms with Crippen molar-refractivity contribution in [1.29, 1.82) is 0 Å². The van der Waals surface area contributed by atoms with Crippen molar-refractivity contribution in [3.8, 4) is 11.1 Å². The van der Waals surface area contributed by atoms with Gasteiger partial charge in [-0.3, -0.25) is 9.78 Å². The van der Waals surface area contributed by atoms with Gasteiger partial charge in [0.25, 0.3) is 5.91 Å². The molecule has 3 aliphatic rings. The number of pyridine rings is 1. The van der Waals surface area contributed by atoms with Gasteiger partial charge >= 0.3 is 0 Å². The summed E-state index contributed by atoms with van der Waals surface area (Å²) >= 11 is 0. The molecule has 1 amide bonds. The summed E-state index contributed by atoms with van der Waals surface area (Å²) < 4.78 is 0. The summed E-state index contributed by atoms with van der Waals surface area (Å²) in [5.74, 6) is 0.681. The maximum Gasteiger partial charge on any atom is 0.251 e. The molecule has 3 aliphatic heterocycles. The topological polar surface area (TPSA) is 45.2 Å². The summed E-state index contributed by atoms with van der Waals surface area (Å²) in [6, 6.07) is 12.0. The summed E-state index contributed by atoms with van der Waals surface area (Å²) in [6.07, 6.45) is 6.00. The van der Waals surface area contributed by atoms with Crippen LogP contribution in [0.25, 0.3) is 11.1 Å². The first-order valence-electron chi connectivity index (χ1n) is 8.33. The highest BCUT2D eigenvalue weighted by Crippen LogP contribution is 2.28. The molecular formula is C19H21N3O. The molecule has 3 fully saturated rings. The molecule has 4 nitrogen and oxygen atoms in total. The number of benzene rings is 1. The second-order valence-corrected chi connectivity index (χ2v) is 6.54. The van der Waals surface area contributed by atoms with E-state index in [4.69, 9.17) is 0 Å². The Bertz CT molecular complexity index is 693. The molecule has 0 saturated carbocycles. The number of aromatic nitrogens is 1. The maximum atomic E-state index is 12.6. The molecule has 1 aromatic heterocycles. The summed E-state index contributed by atoms with van der Waals surface area (Å²) in [6.45, 7) is 3.37. The second kappa shape index (κ2) is 6.13. The number of carbonyl (C=O) groups is 1. The third kappa shape index (κ3) is 2.99. The van der Waals surface area contributed by atoms with Gasteiger partial charge in [-0.15, -0.1) is 0 Å². The first-order chi connectivity index (χ1) is 11.3. The highest BCUT2D eigenvalue weighted by Gasteiger charge is 2.34. The molecule has 2 bridgehead atoms. The van der Waals surface area contributed by atoms with Crippen LogP contribution >= 0.6 is 0 Å². The Morgan fingerprint density at radius 2 is 1.96 bits per heavy atom. The number of hydrogen-bond donors (Lipinski definition) is 1. The van der Waals surface area contributed by atoms with E-state index >= 15 is 0 Å². The van der Waals surface area contributed by atoms with E-state index in [1.54, 1.807) is 6.20 Å². The van der Waals surface area contributed by atoms with Crippen LogP contribution in [0.4, 0.5) is 0 Å². The predicted octanol–water partition coefficient (Wildman–Crippen LogP) is 2.57. The van der Waals surface area contributed by atoms with Crippen molar-refractivity contribution in [2.24, 2.45) is 5.92 Å². The van der Waals surface area contributed by atoms with Crippen molar-refractivity contribution in [2.75, 3.05) is 19.6 Å². The molecule has 2 aromatic rings. The molecule has 3 saturated heterocycles. The van der Waals surface area contributed by atoms with Crippen LogP contribution in [0.2, 0.25) is 0 Å². The van der Waals surface area contributed by atoms with Gasteiger partial charge in [-0.25, -0.2) is 0 Å². The smallest absolute Gasteiger partial charge is 0.251 e. The fourth-order valence-corrected chi connectivity index (χ4v) is 3.75. The van der Waals surface area contributed by atoms with Crippen LogP contribution in [0.15, 0.2) is 48.8 Å². The molecule has 0 spiro atoms. The van der Waals surface area contributed by atoms with Crippen LogP contribution in [0.3, 0.4) is 0 Å². The van der Waals surface area contributed by atoms with Crippen LogP contribution in [-0.4, -0.2) is 41.5 Å². The molecule has 23 heavy (non-hydrogen) atoms. The molecule has 0 aliphatic carbocycles. The average molecular weight is 307 g/mol. The van der Waals surface area contributed by atoms with Crippen molar-refractivity contribution in [1.82, 2.24) is 15.2 Å². The van der Waals surface area contributed by atoms with E-state index in [0.29, 0.717) is 12.0 Å². The van der Waals surface area contributed by atoms with Gasteiger partial charge in [-0.05, 0) is 55.6 Å². The van der Waals surface area contributed by atoms with E-state index in [1.807, 2.05) is 42.6 Å². The van der Waals surface area contributed by atoms with Gasteiger partial charge in [0.15, 0.2) is 0 Å². The van der Waals surface area contributed by atoms with E-state index in [0.717, 1.165) is 23.2 Å². The van der Waals surface area contributed by atoms with Crippen LogP contribution in [-0.2, 0) is 0 Å². The monoisotopic (exact) mass is 307 g/mol. The van der Waals surface area contributed by atoms with Gasteiger partial charge in [0.2, 0.25) is 0 Å². The van der Waals surface area contributed by atoms with Crippen LogP contribution < -0.4 is 5.32 Å². The molecule has 0 unspecified atom stereocenters. The first-order valence-corrected chi connectivity index (χ1v) is 8.33. The zero-order valence-electron chi connectivity index (χ0n) is 13.1. The lowest BCUT2D eigenvalue weighted by Crippen LogP contribution is -2.57. The summed E-state index contributed by atoms with van der Waals surface area (Å²) in [5.41, 5.74) is 2.78. The van der Waals surface area contributed by atoms with Gasteiger partial charge in [-0.2, -0.15) is 0 Å². The quantitative estimate of drug-likeness (QED) is 0.948. The summed E-state index contributed by atoms with van der Waals surface area (Å²) in [5, 5.41) is 3.25. The zero-order valence-corrected chi connectivity index (χ0v) is 13.1. The lowest BCUT2D eigenvalue weighted by molar-refractivity contribution is 0.0620. The predicted molar refractivity (Wildman–Crippen MR) is 90.1 cm³/mol. The number of carbonyl (C=O) groups excluding carboxylic acids is 1. The van der Waals surface area contributed by atoms with Gasteiger partial charge < -0.3 is 10.2 Å². The van der Waals surface area contributed by atoms with Crippen molar-refractivity contribution in [2.45, 2.75) is 18.9 Å². The fraction of sp³-hybridized carbons (Fsp3) is 0.368. The van der Waals surface area contributed by atoms with Crippen molar-refractivity contribution in [3.05, 3.63) is 54.4 Å². The molecule has 4 heterocycles. The lowest BCUT2D eigenvalue weighted by atomic mass is 9.84. The Morgan fingerprint density at radius 1 is 1.13 bits per heavy atom. The third-order valence-corrected chi connectivity index (χ3v) is 5.09. The zero-order chi connectivity index (χ0) is 15.6. The maximum absolute atomic E-state index is 12.6. The number of nitrogens with zero attached hydrogens (tertiary/aromatic N) is 2. The molecule has 5 rings (SSSR count). The molecule has 4 heteroatoms. The fourth-order valence-electron chi connectivity index (χ4n) is 3.75. The van der Waals surface area contributed by atoms with Gasteiger partial charge in [0.05, 0.1) is 0 Å². The van der Waals surface area contributed by atoms with Crippen molar-refractivity contribution < 1.29 is 4.79 Å². The Labute approximate surface area is 136 Å². The highest BCUT2D eigenvalue weighted by molar-refractivity contribution is 5.95. The minimum Gasteiger partial charge on any atom is -0.348 e. The van der Waals surface area contributed by atoms with Crippen molar-refractivity contribution in [3.63, 3.8) is 0 Å². The van der Waals surface area contributed by atoms with Crippen LogP contribution in [0.5, 0.6) is 0 Å². The third-order valence-electron chi connectivity index (χ3n) is 5.09. The van der Waals surface area contributed by atoms with E-state index in [9.17, 15) is 4.79 Å². The van der Waals surface area contributed by atoms with Crippen LogP contribution in [0, 0.1) is 5.92 Å². The standard InChI is InChI=1S/C19H21N3O/c23-19(21-18-13-22-9-6-14(18)7-10-22)16-4-1-3-15(11-16)17-5-2-8-20-12-17/h1-5,8,11-12,14,18H,6-7,9-10,13H2,(H,21,23)/t18-/m0/s1. The molecule has 1 aromatic carbocycles. The molecule has 0 radical (unpaired) electrons. The molecule has 1 atom stereocenters. The minimum absolute atomic E-state index is 0.0366. The summed E-state index contributed by atoms with van der Waals surface area (Å²) in [4.78, 5) is 19.2. The van der Waals surface area contributed by atoms with Gasteiger partial charge in [0, 0.05) is 36.1 Å². The van der Waals surface area contributed by atoms with E-state index in [2.05, 4.69) is 15.2 Å². The van der Waals surface area contributed by atoms with E-state index < -0.39 is 0 Å². The Kier molecular flexibility index (Phi) is 3.83. The van der Waals surface area contributed by atoms with E-state index in [1.165, 1.54) is 25.9 Å². The number of fused-ring (bicyclic) bond motifs is 3. The Balaban J connectivity index is 1.50. The number of piperidine rings is 3. The number of rotatable bonds is 3. The van der Waals surface area contributed by atoms with Gasteiger partial charge in [-0.1, -0.05) is 18.2 Å². The normalized spacial score (nSPS) is 26.0. The van der Waals surface area contributed by atoms with Crippen molar-refractivity contribution >= 4 is 5.91 Å². The van der Waals surface area contributed by atoms with E-state index in [-0.39, 0.29) is 5.91 Å². The lowest BCUT2D eigenvalue weighted by Gasteiger charge is -2.44. The minimum atomic E-state index is 0.0366. The SMILES string of the molecule is O=C(N[C@H]1CN2CCC1CC2)c1cccc(-c2cccnc2)c1. The number of nitrogens with one attached hydrogen (secondary N) is 1. The molecular weight excluding hydrogens is 286 g/mol. The van der Waals surface area contributed by atoms with Crippen LogP contribution in [0.1, 0.15) is 23.2 Å². The summed E-state index contributed by atoms with van der Waals surface area (Å²) in [7, 11) is 0. The average Bonchev–Trinajstić information content (AvgIpc) is 2.63.